The summed E-state index contributed by atoms with van der Waals surface area (Å²) in [6.07, 6.45) is 5.57. The first-order chi connectivity index (χ1) is 9.16. The quantitative estimate of drug-likeness (QED) is 0.801. The third-order valence-electron chi connectivity index (χ3n) is 4.15. The largest absolute Gasteiger partial charge is 0.311 e. The molecule has 1 aromatic carbocycles. The summed E-state index contributed by atoms with van der Waals surface area (Å²) in [5.74, 6) is 0. The van der Waals surface area contributed by atoms with Gasteiger partial charge >= 0.3 is 0 Å². The monoisotopic (exact) mass is 280 g/mol. The molecule has 1 N–H and O–H groups in total. The van der Waals surface area contributed by atoms with Crippen molar-refractivity contribution in [2.45, 2.75) is 45.2 Å². The number of hydrogen-bond donors (Lipinski definition) is 1. The maximum absolute atomic E-state index is 6.13. The highest BCUT2D eigenvalue weighted by molar-refractivity contribution is 6.31. The molecule has 1 aliphatic rings. The minimum atomic E-state index is 0.815. The number of hydrogen-bond acceptors (Lipinski definition) is 2. The lowest BCUT2D eigenvalue weighted by Crippen LogP contribution is -2.35. The SMILES string of the molecule is Cc1ccc(CNCCN(C)C2CCCC2)cc1Cl. The molecule has 0 aromatic heterocycles. The molecular weight excluding hydrogens is 256 g/mol. The van der Waals surface area contributed by atoms with Gasteiger partial charge in [-0.05, 0) is 44.0 Å². The zero-order valence-electron chi connectivity index (χ0n) is 12.1. The van der Waals surface area contributed by atoms with E-state index in [0.717, 1.165) is 36.3 Å². The van der Waals surface area contributed by atoms with E-state index in [2.05, 4.69) is 35.5 Å². The normalized spacial score (nSPS) is 16.4. The Kier molecular flexibility index (Phi) is 5.68. The first kappa shape index (κ1) is 14.8. The molecule has 0 aliphatic heterocycles. The molecule has 0 atom stereocenters. The molecule has 0 unspecified atom stereocenters. The van der Waals surface area contributed by atoms with Crippen LogP contribution in [0.5, 0.6) is 0 Å². The summed E-state index contributed by atoms with van der Waals surface area (Å²) in [6.45, 7) is 5.11. The van der Waals surface area contributed by atoms with E-state index in [9.17, 15) is 0 Å². The number of nitrogens with zero attached hydrogens (tertiary/aromatic N) is 1. The second kappa shape index (κ2) is 7.28. The van der Waals surface area contributed by atoms with Gasteiger partial charge in [-0.25, -0.2) is 0 Å². The molecule has 3 heteroatoms. The topological polar surface area (TPSA) is 15.3 Å². The highest BCUT2D eigenvalue weighted by Gasteiger charge is 2.18. The van der Waals surface area contributed by atoms with E-state index >= 15 is 0 Å². The molecule has 1 aliphatic carbocycles. The fourth-order valence-corrected chi connectivity index (χ4v) is 2.97. The number of aryl methyl sites for hydroxylation is 1. The summed E-state index contributed by atoms with van der Waals surface area (Å²) >= 11 is 6.13. The number of likely N-dealkylation sites (N-methyl/N-ethyl adjacent to an activating group) is 1. The molecule has 0 heterocycles. The Morgan fingerprint density at radius 3 is 2.74 bits per heavy atom. The first-order valence-electron chi connectivity index (χ1n) is 7.33. The van der Waals surface area contributed by atoms with Crippen LogP contribution in [0, 0.1) is 6.92 Å². The second-order valence-corrected chi connectivity index (χ2v) is 6.09. The van der Waals surface area contributed by atoms with Crippen molar-refractivity contribution in [3.05, 3.63) is 34.3 Å². The molecule has 1 aromatic rings. The molecule has 1 fully saturated rings. The van der Waals surface area contributed by atoms with Crippen LogP contribution in [0.25, 0.3) is 0 Å². The van der Waals surface area contributed by atoms with Crippen LogP contribution in [-0.2, 0) is 6.54 Å². The zero-order chi connectivity index (χ0) is 13.7. The molecule has 106 valence electrons. The Labute approximate surface area is 122 Å². The molecule has 2 nitrogen and oxygen atoms in total. The van der Waals surface area contributed by atoms with Crippen molar-refractivity contribution >= 4 is 11.6 Å². The predicted molar refractivity (Wildman–Crippen MR) is 82.8 cm³/mol. The Morgan fingerprint density at radius 2 is 2.05 bits per heavy atom. The van der Waals surface area contributed by atoms with Crippen LogP contribution in [0.15, 0.2) is 18.2 Å². The molecule has 0 saturated heterocycles. The molecule has 19 heavy (non-hydrogen) atoms. The smallest absolute Gasteiger partial charge is 0.0438 e. The molecular formula is C16H25ClN2. The van der Waals surface area contributed by atoms with Crippen molar-refractivity contribution in [1.82, 2.24) is 10.2 Å². The summed E-state index contributed by atoms with van der Waals surface area (Å²) in [5.41, 5.74) is 2.41. The van der Waals surface area contributed by atoms with Gasteiger partial charge in [-0.2, -0.15) is 0 Å². The van der Waals surface area contributed by atoms with Gasteiger partial charge in [0.15, 0.2) is 0 Å². The van der Waals surface area contributed by atoms with Gasteiger partial charge in [0.25, 0.3) is 0 Å². The Morgan fingerprint density at radius 1 is 1.32 bits per heavy atom. The van der Waals surface area contributed by atoms with Crippen molar-refractivity contribution in [2.24, 2.45) is 0 Å². The number of halogens is 1. The predicted octanol–water partition coefficient (Wildman–Crippen LogP) is 3.61. The second-order valence-electron chi connectivity index (χ2n) is 5.68. The van der Waals surface area contributed by atoms with Gasteiger partial charge in [-0.15, -0.1) is 0 Å². The third kappa shape index (κ3) is 4.48. The van der Waals surface area contributed by atoms with Gasteiger partial charge in [-0.3, -0.25) is 0 Å². The molecule has 0 spiro atoms. The van der Waals surface area contributed by atoms with Crippen LogP contribution in [-0.4, -0.2) is 31.1 Å². The van der Waals surface area contributed by atoms with E-state index in [-0.39, 0.29) is 0 Å². The van der Waals surface area contributed by atoms with Crippen LogP contribution in [0.4, 0.5) is 0 Å². The lowest BCUT2D eigenvalue weighted by molar-refractivity contribution is 0.245. The van der Waals surface area contributed by atoms with Gasteiger partial charge < -0.3 is 10.2 Å². The first-order valence-corrected chi connectivity index (χ1v) is 7.70. The minimum Gasteiger partial charge on any atom is -0.311 e. The third-order valence-corrected chi connectivity index (χ3v) is 4.56. The number of rotatable bonds is 6. The van der Waals surface area contributed by atoms with E-state index < -0.39 is 0 Å². The fourth-order valence-electron chi connectivity index (χ4n) is 2.76. The average Bonchev–Trinajstić information content (AvgIpc) is 2.92. The molecule has 0 bridgehead atoms. The van der Waals surface area contributed by atoms with Crippen LogP contribution < -0.4 is 5.32 Å². The Balaban J connectivity index is 1.67. The fraction of sp³-hybridized carbons (Fsp3) is 0.625. The van der Waals surface area contributed by atoms with Gasteiger partial charge in [0.2, 0.25) is 0 Å². The van der Waals surface area contributed by atoms with E-state index in [1.54, 1.807) is 0 Å². The van der Waals surface area contributed by atoms with Crippen molar-refractivity contribution in [3.63, 3.8) is 0 Å². The summed E-state index contributed by atoms with van der Waals surface area (Å²) in [6, 6.07) is 7.11. The lowest BCUT2D eigenvalue weighted by Gasteiger charge is -2.24. The molecule has 1 saturated carbocycles. The van der Waals surface area contributed by atoms with E-state index in [1.165, 1.54) is 31.2 Å². The van der Waals surface area contributed by atoms with Gasteiger partial charge in [0, 0.05) is 30.7 Å². The van der Waals surface area contributed by atoms with Gasteiger partial charge in [0.05, 0.1) is 0 Å². The van der Waals surface area contributed by atoms with Crippen LogP contribution in [0.3, 0.4) is 0 Å². The maximum Gasteiger partial charge on any atom is 0.0438 e. The molecule has 0 amide bonds. The van der Waals surface area contributed by atoms with E-state index in [1.807, 2.05) is 6.92 Å². The summed E-state index contributed by atoms with van der Waals surface area (Å²) in [5, 5.41) is 4.37. The van der Waals surface area contributed by atoms with Gasteiger partial charge in [-0.1, -0.05) is 36.6 Å². The lowest BCUT2D eigenvalue weighted by atomic mass is 10.1. The maximum atomic E-state index is 6.13. The highest BCUT2D eigenvalue weighted by Crippen LogP contribution is 2.21. The Bertz CT molecular complexity index is 400. The Hall–Kier alpha value is -0.570. The highest BCUT2D eigenvalue weighted by atomic mass is 35.5. The van der Waals surface area contributed by atoms with Crippen LogP contribution in [0.1, 0.15) is 36.8 Å². The standard InChI is InChI=1S/C16H25ClN2/c1-13-7-8-14(11-16(13)17)12-18-9-10-19(2)15-5-3-4-6-15/h7-8,11,15,18H,3-6,9-10,12H2,1-2H3. The summed E-state index contributed by atoms with van der Waals surface area (Å²) < 4.78 is 0. The summed E-state index contributed by atoms with van der Waals surface area (Å²) in [7, 11) is 2.25. The van der Waals surface area contributed by atoms with E-state index in [0.29, 0.717) is 0 Å². The molecule has 0 radical (unpaired) electrons. The van der Waals surface area contributed by atoms with Crippen molar-refractivity contribution in [3.8, 4) is 0 Å². The van der Waals surface area contributed by atoms with E-state index in [4.69, 9.17) is 11.6 Å². The molecule has 2 rings (SSSR count). The summed E-state index contributed by atoms with van der Waals surface area (Å²) in [4.78, 5) is 2.50. The van der Waals surface area contributed by atoms with Crippen molar-refractivity contribution < 1.29 is 0 Å². The average molecular weight is 281 g/mol. The van der Waals surface area contributed by atoms with Gasteiger partial charge in [0.1, 0.15) is 0 Å². The van der Waals surface area contributed by atoms with Crippen LogP contribution in [0.2, 0.25) is 5.02 Å². The zero-order valence-corrected chi connectivity index (χ0v) is 12.8. The minimum absolute atomic E-state index is 0.815. The van der Waals surface area contributed by atoms with Crippen molar-refractivity contribution in [2.75, 3.05) is 20.1 Å². The van der Waals surface area contributed by atoms with Crippen LogP contribution >= 0.6 is 11.6 Å². The number of nitrogens with one attached hydrogen (secondary N) is 1. The van der Waals surface area contributed by atoms with Crippen molar-refractivity contribution in [1.29, 1.82) is 0 Å². The number of benzene rings is 1.